The van der Waals surface area contributed by atoms with Crippen molar-refractivity contribution in [2.45, 2.75) is 13.5 Å². The van der Waals surface area contributed by atoms with E-state index in [9.17, 15) is 14.9 Å². The first-order chi connectivity index (χ1) is 11.0. The monoisotopic (exact) mass is 314 g/mol. The van der Waals surface area contributed by atoms with Gasteiger partial charge < -0.3 is 9.64 Å². The van der Waals surface area contributed by atoms with E-state index >= 15 is 0 Å². The summed E-state index contributed by atoms with van der Waals surface area (Å²) in [6.07, 6.45) is 0. The number of nitro benzene ring substituents is 1. The Kier molecular flexibility index (Phi) is 5.30. The quantitative estimate of drug-likeness (QED) is 0.606. The van der Waals surface area contributed by atoms with Crippen molar-refractivity contribution in [3.05, 3.63) is 69.8 Å². The lowest BCUT2D eigenvalue weighted by Crippen LogP contribution is -2.30. The normalized spacial score (nSPS) is 10.2. The third kappa shape index (κ3) is 4.06. The number of methoxy groups -OCH3 is 1. The zero-order valence-corrected chi connectivity index (χ0v) is 13.1. The lowest BCUT2D eigenvalue weighted by molar-refractivity contribution is -0.384. The maximum Gasteiger partial charge on any atom is 0.270 e. The summed E-state index contributed by atoms with van der Waals surface area (Å²) in [5.41, 5.74) is 1.19. The highest BCUT2D eigenvalue weighted by molar-refractivity contribution is 5.94. The fourth-order valence-corrected chi connectivity index (χ4v) is 2.21. The summed E-state index contributed by atoms with van der Waals surface area (Å²) < 4.78 is 5.11. The van der Waals surface area contributed by atoms with Gasteiger partial charge in [-0.15, -0.1) is 0 Å². The van der Waals surface area contributed by atoms with E-state index in [4.69, 9.17) is 4.74 Å². The molecule has 0 saturated carbocycles. The summed E-state index contributed by atoms with van der Waals surface area (Å²) in [7, 11) is 1.60. The maximum atomic E-state index is 12.6. The number of hydrogen-bond donors (Lipinski definition) is 0. The van der Waals surface area contributed by atoms with Gasteiger partial charge in [0, 0.05) is 30.8 Å². The third-order valence-electron chi connectivity index (χ3n) is 3.51. The molecule has 0 saturated heterocycles. The van der Waals surface area contributed by atoms with E-state index in [0.717, 1.165) is 11.3 Å². The zero-order chi connectivity index (χ0) is 16.8. The number of amides is 1. The number of carbonyl (C=O) groups excluding carboxylic acids is 1. The molecule has 0 aromatic heterocycles. The molecule has 120 valence electrons. The van der Waals surface area contributed by atoms with Crippen molar-refractivity contribution in [1.29, 1.82) is 0 Å². The summed E-state index contributed by atoms with van der Waals surface area (Å²) in [6, 6.07) is 13.2. The Balaban J connectivity index is 2.17. The van der Waals surface area contributed by atoms with Crippen LogP contribution < -0.4 is 4.74 Å². The van der Waals surface area contributed by atoms with Gasteiger partial charge in [-0.2, -0.15) is 0 Å². The topological polar surface area (TPSA) is 72.7 Å². The van der Waals surface area contributed by atoms with E-state index in [1.165, 1.54) is 18.2 Å². The second kappa shape index (κ2) is 7.40. The molecular weight excluding hydrogens is 296 g/mol. The molecular formula is C17H18N2O4. The smallest absolute Gasteiger partial charge is 0.270 e. The highest BCUT2D eigenvalue weighted by atomic mass is 16.6. The van der Waals surface area contributed by atoms with Gasteiger partial charge in [0.1, 0.15) is 5.75 Å². The van der Waals surface area contributed by atoms with Crippen LogP contribution in [0.25, 0.3) is 0 Å². The molecule has 0 heterocycles. The van der Waals surface area contributed by atoms with Crippen molar-refractivity contribution in [2.75, 3.05) is 13.7 Å². The van der Waals surface area contributed by atoms with E-state index in [2.05, 4.69) is 0 Å². The van der Waals surface area contributed by atoms with Gasteiger partial charge in [0.25, 0.3) is 11.6 Å². The molecule has 2 rings (SSSR count). The van der Waals surface area contributed by atoms with Crippen molar-refractivity contribution < 1.29 is 14.5 Å². The Hall–Kier alpha value is -2.89. The summed E-state index contributed by atoms with van der Waals surface area (Å²) in [6.45, 7) is 2.81. The number of nitrogens with zero attached hydrogens (tertiary/aromatic N) is 2. The van der Waals surface area contributed by atoms with Gasteiger partial charge in [0.15, 0.2) is 0 Å². The van der Waals surface area contributed by atoms with Gasteiger partial charge in [-0.3, -0.25) is 14.9 Å². The van der Waals surface area contributed by atoms with E-state index in [1.54, 1.807) is 18.1 Å². The number of ether oxygens (including phenoxy) is 1. The Morgan fingerprint density at radius 1 is 1.22 bits per heavy atom. The summed E-state index contributed by atoms with van der Waals surface area (Å²) in [5.74, 6) is 0.522. The maximum absolute atomic E-state index is 12.6. The number of benzene rings is 2. The molecule has 0 spiro atoms. The Morgan fingerprint density at radius 3 is 2.48 bits per heavy atom. The average molecular weight is 314 g/mol. The van der Waals surface area contributed by atoms with Gasteiger partial charge in [-0.05, 0) is 30.7 Å². The van der Waals surface area contributed by atoms with Crippen LogP contribution in [0.5, 0.6) is 5.75 Å². The molecule has 23 heavy (non-hydrogen) atoms. The molecule has 0 aliphatic rings. The molecule has 0 bridgehead atoms. The standard InChI is InChI=1S/C17H18N2O4/c1-3-18(12-13-7-9-16(23-2)10-8-13)17(20)14-5-4-6-15(11-14)19(21)22/h4-11H,3,12H2,1-2H3. The molecule has 0 aliphatic heterocycles. The van der Waals surface area contributed by atoms with Crippen LogP contribution in [0.15, 0.2) is 48.5 Å². The number of nitro groups is 1. The van der Waals surface area contributed by atoms with Crippen LogP contribution in [0.1, 0.15) is 22.8 Å². The molecule has 1 amide bonds. The van der Waals surface area contributed by atoms with Crippen LogP contribution in [0.2, 0.25) is 0 Å². The third-order valence-corrected chi connectivity index (χ3v) is 3.51. The van der Waals surface area contributed by atoms with Crippen molar-refractivity contribution >= 4 is 11.6 Å². The van der Waals surface area contributed by atoms with E-state index in [0.29, 0.717) is 18.7 Å². The number of rotatable bonds is 6. The molecule has 2 aromatic carbocycles. The first-order valence-electron chi connectivity index (χ1n) is 7.21. The molecule has 0 unspecified atom stereocenters. The minimum atomic E-state index is -0.503. The summed E-state index contributed by atoms with van der Waals surface area (Å²) in [4.78, 5) is 24.5. The first kappa shape index (κ1) is 16.5. The fourth-order valence-electron chi connectivity index (χ4n) is 2.21. The molecule has 0 radical (unpaired) electrons. The Labute approximate surface area is 134 Å². The van der Waals surface area contributed by atoms with Gasteiger partial charge in [-0.25, -0.2) is 0 Å². The van der Waals surface area contributed by atoms with Crippen LogP contribution in [0.4, 0.5) is 5.69 Å². The number of carbonyl (C=O) groups is 1. The van der Waals surface area contributed by atoms with Crippen molar-refractivity contribution in [2.24, 2.45) is 0 Å². The predicted molar refractivity (Wildman–Crippen MR) is 86.5 cm³/mol. The second-order valence-electron chi connectivity index (χ2n) is 4.97. The predicted octanol–water partition coefficient (Wildman–Crippen LogP) is 3.27. The molecule has 6 heteroatoms. The number of hydrogen-bond acceptors (Lipinski definition) is 4. The molecule has 2 aromatic rings. The van der Waals surface area contributed by atoms with Crippen LogP contribution >= 0.6 is 0 Å². The van der Waals surface area contributed by atoms with E-state index < -0.39 is 4.92 Å². The number of non-ortho nitro benzene ring substituents is 1. The van der Waals surface area contributed by atoms with Crippen LogP contribution in [0, 0.1) is 10.1 Å². The summed E-state index contributed by atoms with van der Waals surface area (Å²) >= 11 is 0. The molecule has 0 N–H and O–H groups in total. The molecule has 0 atom stereocenters. The minimum Gasteiger partial charge on any atom is -0.497 e. The average Bonchev–Trinajstić information content (AvgIpc) is 2.59. The van der Waals surface area contributed by atoms with Gasteiger partial charge in [0.2, 0.25) is 0 Å². The first-order valence-corrected chi connectivity index (χ1v) is 7.21. The highest BCUT2D eigenvalue weighted by Gasteiger charge is 2.17. The molecule has 0 fully saturated rings. The van der Waals surface area contributed by atoms with Crippen molar-refractivity contribution in [1.82, 2.24) is 4.90 Å². The van der Waals surface area contributed by atoms with E-state index in [-0.39, 0.29) is 11.6 Å². The minimum absolute atomic E-state index is 0.0867. The van der Waals surface area contributed by atoms with Crippen molar-refractivity contribution in [3.8, 4) is 5.75 Å². The van der Waals surface area contributed by atoms with Crippen LogP contribution in [0.3, 0.4) is 0 Å². The van der Waals surface area contributed by atoms with Gasteiger partial charge >= 0.3 is 0 Å². The Bertz CT molecular complexity index is 698. The highest BCUT2D eigenvalue weighted by Crippen LogP contribution is 2.17. The lowest BCUT2D eigenvalue weighted by atomic mass is 10.1. The second-order valence-corrected chi connectivity index (χ2v) is 4.97. The van der Waals surface area contributed by atoms with E-state index in [1.807, 2.05) is 31.2 Å². The zero-order valence-electron chi connectivity index (χ0n) is 13.1. The Morgan fingerprint density at radius 2 is 1.91 bits per heavy atom. The van der Waals surface area contributed by atoms with Crippen LogP contribution in [-0.4, -0.2) is 29.4 Å². The lowest BCUT2D eigenvalue weighted by Gasteiger charge is -2.21. The molecule has 0 aliphatic carbocycles. The largest absolute Gasteiger partial charge is 0.497 e. The fraction of sp³-hybridized carbons (Fsp3) is 0.235. The SMILES string of the molecule is CCN(Cc1ccc(OC)cc1)C(=O)c1cccc([N+](=O)[O-])c1. The van der Waals surface area contributed by atoms with Gasteiger partial charge in [-0.1, -0.05) is 18.2 Å². The van der Waals surface area contributed by atoms with Crippen LogP contribution in [-0.2, 0) is 6.54 Å². The molecule has 6 nitrogen and oxygen atoms in total. The van der Waals surface area contributed by atoms with Crippen molar-refractivity contribution in [3.63, 3.8) is 0 Å². The van der Waals surface area contributed by atoms with Gasteiger partial charge in [0.05, 0.1) is 12.0 Å². The summed E-state index contributed by atoms with van der Waals surface area (Å²) in [5, 5.41) is 10.8.